The fourth-order valence-corrected chi connectivity index (χ4v) is 2.03. The van der Waals surface area contributed by atoms with Crippen molar-refractivity contribution in [2.75, 3.05) is 18.4 Å². The van der Waals surface area contributed by atoms with E-state index in [4.69, 9.17) is 9.26 Å². The summed E-state index contributed by atoms with van der Waals surface area (Å²) in [6.45, 7) is 3.95. The van der Waals surface area contributed by atoms with Crippen LogP contribution in [0.3, 0.4) is 0 Å². The Morgan fingerprint density at radius 2 is 2.14 bits per heavy atom. The molecule has 7 nitrogen and oxygen atoms in total. The van der Waals surface area contributed by atoms with E-state index in [1.807, 2.05) is 0 Å². The van der Waals surface area contributed by atoms with Crippen molar-refractivity contribution in [3.8, 4) is 0 Å². The van der Waals surface area contributed by atoms with Crippen LogP contribution in [0.15, 0.2) is 4.52 Å². The van der Waals surface area contributed by atoms with E-state index in [0.717, 1.165) is 4.90 Å². The normalized spacial score (nSPS) is 22.2. The van der Waals surface area contributed by atoms with Crippen LogP contribution >= 0.6 is 0 Å². The van der Waals surface area contributed by atoms with Gasteiger partial charge in [0.15, 0.2) is 11.9 Å². The van der Waals surface area contributed by atoms with Crippen LogP contribution in [0.2, 0.25) is 0 Å². The number of hydrogen-bond acceptors (Lipinski definition) is 5. The van der Waals surface area contributed by atoms with Gasteiger partial charge in [-0.3, -0.25) is 5.32 Å². The average molecular weight is 308 g/mol. The van der Waals surface area contributed by atoms with Crippen LogP contribution in [0.1, 0.15) is 19.7 Å². The zero-order valence-corrected chi connectivity index (χ0v) is 11.7. The third-order valence-electron chi connectivity index (χ3n) is 2.81. The molecule has 2 rings (SSSR count). The number of ether oxygens (including phenoxy) is 1. The van der Waals surface area contributed by atoms with Gasteiger partial charge in [0.1, 0.15) is 0 Å². The van der Waals surface area contributed by atoms with Crippen LogP contribution in [0, 0.1) is 6.92 Å². The third kappa shape index (κ3) is 3.84. The van der Waals surface area contributed by atoms with Crippen molar-refractivity contribution >= 4 is 12.0 Å². The van der Waals surface area contributed by atoms with Gasteiger partial charge >= 0.3 is 18.2 Å². The Morgan fingerprint density at radius 3 is 2.67 bits per heavy atom. The van der Waals surface area contributed by atoms with Crippen LogP contribution < -0.4 is 5.32 Å². The molecule has 118 valence electrons. The molecule has 1 aliphatic rings. The number of nitrogens with zero attached hydrogens (tertiary/aromatic N) is 3. The van der Waals surface area contributed by atoms with Crippen LogP contribution in [-0.4, -0.2) is 52.0 Å². The number of anilines is 1. The molecule has 21 heavy (non-hydrogen) atoms. The Balaban J connectivity index is 2.09. The minimum atomic E-state index is -4.54. The summed E-state index contributed by atoms with van der Waals surface area (Å²) in [4.78, 5) is 16.8. The molecule has 1 aromatic heterocycles. The molecule has 1 unspecified atom stereocenters. The van der Waals surface area contributed by atoms with Gasteiger partial charge in [-0.2, -0.15) is 18.2 Å². The number of carbonyl (C=O) groups excluding carboxylic acids is 1. The smallest absolute Gasteiger partial charge is 0.359 e. The number of rotatable bonds is 1. The molecule has 0 aliphatic carbocycles. The van der Waals surface area contributed by atoms with Crippen molar-refractivity contribution < 1.29 is 27.2 Å². The monoisotopic (exact) mass is 308 g/mol. The number of nitrogens with one attached hydrogen (secondary N) is 1. The molecule has 1 aromatic rings. The Kier molecular flexibility index (Phi) is 3.83. The van der Waals surface area contributed by atoms with E-state index < -0.39 is 30.5 Å². The maximum Gasteiger partial charge on any atom is 0.416 e. The fraction of sp³-hybridized carbons (Fsp3) is 0.727. The predicted molar refractivity (Wildman–Crippen MR) is 64.6 cm³/mol. The first-order chi connectivity index (χ1) is 9.57. The van der Waals surface area contributed by atoms with E-state index in [1.165, 1.54) is 13.8 Å². The van der Waals surface area contributed by atoms with Gasteiger partial charge < -0.3 is 14.2 Å². The molecular formula is C11H15F3N4O3. The lowest BCUT2D eigenvalue weighted by Gasteiger charge is -2.42. The molecule has 2 amide bonds. The van der Waals surface area contributed by atoms with Crippen LogP contribution in [-0.2, 0) is 4.74 Å². The van der Waals surface area contributed by atoms with E-state index in [2.05, 4.69) is 15.5 Å². The first-order valence-corrected chi connectivity index (χ1v) is 6.17. The van der Waals surface area contributed by atoms with E-state index in [0.29, 0.717) is 5.82 Å². The van der Waals surface area contributed by atoms with Gasteiger partial charge in [-0.25, -0.2) is 4.79 Å². The fourth-order valence-electron chi connectivity index (χ4n) is 2.03. The summed E-state index contributed by atoms with van der Waals surface area (Å²) < 4.78 is 48.2. The number of alkyl halides is 3. The van der Waals surface area contributed by atoms with Gasteiger partial charge in [0.25, 0.3) is 0 Å². The summed E-state index contributed by atoms with van der Waals surface area (Å²) in [6.07, 6.45) is -6.58. The van der Waals surface area contributed by atoms with Crippen molar-refractivity contribution in [1.82, 2.24) is 15.0 Å². The zero-order chi connectivity index (χ0) is 15.8. The van der Waals surface area contributed by atoms with Gasteiger partial charge in [0, 0.05) is 0 Å². The van der Waals surface area contributed by atoms with Crippen LogP contribution in [0.4, 0.5) is 24.0 Å². The van der Waals surface area contributed by atoms with Gasteiger partial charge in [-0.15, -0.1) is 0 Å². The first kappa shape index (κ1) is 15.5. The van der Waals surface area contributed by atoms with Crippen molar-refractivity contribution in [2.24, 2.45) is 0 Å². The molecule has 1 atom stereocenters. The topological polar surface area (TPSA) is 80.5 Å². The SMILES string of the molecule is Cc1noc(NC(=O)N2CC(C(F)(F)F)OC(C)(C)C2)n1. The quantitative estimate of drug-likeness (QED) is 0.857. The second-order valence-electron chi connectivity index (χ2n) is 5.37. The number of hydrogen-bond donors (Lipinski definition) is 1. The molecule has 1 fully saturated rings. The Labute approximate surface area is 118 Å². The molecular weight excluding hydrogens is 293 g/mol. The highest BCUT2D eigenvalue weighted by Gasteiger charge is 2.49. The number of amides is 2. The Morgan fingerprint density at radius 1 is 1.48 bits per heavy atom. The molecule has 1 saturated heterocycles. The van der Waals surface area contributed by atoms with Crippen LogP contribution in [0.5, 0.6) is 0 Å². The zero-order valence-electron chi connectivity index (χ0n) is 11.7. The largest absolute Gasteiger partial charge is 0.416 e. The number of carbonyl (C=O) groups is 1. The third-order valence-corrected chi connectivity index (χ3v) is 2.81. The van der Waals surface area contributed by atoms with Gasteiger partial charge in [-0.1, -0.05) is 5.16 Å². The number of halogens is 3. The van der Waals surface area contributed by atoms with E-state index >= 15 is 0 Å². The van der Waals surface area contributed by atoms with Gasteiger partial charge in [0.2, 0.25) is 0 Å². The summed E-state index contributed by atoms with van der Waals surface area (Å²) in [5, 5.41) is 5.74. The molecule has 0 aromatic carbocycles. The maximum absolute atomic E-state index is 12.8. The summed E-state index contributed by atoms with van der Waals surface area (Å²) in [7, 11) is 0. The molecule has 1 aliphatic heterocycles. The summed E-state index contributed by atoms with van der Waals surface area (Å²) in [5.74, 6) is 0.306. The average Bonchev–Trinajstić information content (AvgIpc) is 2.71. The van der Waals surface area contributed by atoms with E-state index in [1.54, 1.807) is 6.92 Å². The van der Waals surface area contributed by atoms with Gasteiger partial charge in [0.05, 0.1) is 18.7 Å². The van der Waals surface area contributed by atoms with Crippen molar-refractivity contribution in [1.29, 1.82) is 0 Å². The Bertz CT molecular complexity index is 529. The molecule has 0 radical (unpaired) electrons. The van der Waals surface area contributed by atoms with Crippen LogP contribution in [0.25, 0.3) is 0 Å². The second kappa shape index (κ2) is 5.17. The lowest BCUT2D eigenvalue weighted by Crippen LogP contribution is -2.59. The summed E-state index contributed by atoms with van der Waals surface area (Å²) in [5.41, 5.74) is -1.11. The standard InChI is InChI=1S/C11H15F3N4O3/c1-6-15-8(21-17-6)16-9(19)18-4-7(11(12,13)14)20-10(2,3)5-18/h7H,4-5H2,1-3H3,(H,15,16,17,19). The van der Waals surface area contributed by atoms with Crippen molar-refractivity contribution in [3.63, 3.8) is 0 Å². The second-order valence-corrected chi connectivity index (χ2v) is 5.37. The summed E-state index contributed by atoms with van der Waals surface area (Å²) >= 11 is 0. The number of urea groups is 1. The van der Waals surface area contributed by atoms with E-state index in [-0.39, 0.29) is 12.6 Å². The maximum atomic E-state index is 12.8. The highest BCUT2D eigenvalue weighted by atomic mass is 19.4. The predicted octanol–water partition coefficient (Wildman–Crippen LogP) is 1.95. The van der Waals surface area contributed by atoms with E-state index in [9.17, 15) is 18.0 Å². The highest BCUT2D eigenvalue weighted by Crippen LogP contribution is 2.31. The lowest BCUT2D eigenvalue weighted by atomic mass is 10.1. The van der Waals surface area contributed by atoms with Crippen molar-refractivity contribution in [3.05, 3.63) is 5.82 Å². The number of aromatic nitrogens is 2. The highest BCUT2D eigenvalue weighted by molar-refractivity contribution is 5.87. The molecule has 2 heterocycles. The molecule has 1 N–H and O–H groups in total. The minimum Gasteiger partial charge on any atom is -0.359 e. The molecule has 0 saturated carbocycles. The van der Waals surface area contributed by atoms with Gasteiger partial charge in [-0.05, 0) is 20.8 Å². The number of morpholine rings is 1. The minimum absolute atomic E-state index is 0.0124. The molecule has 0 spiro atoms. The first-order valence-electron chi connectivity index (χ1n) is 6.17. The lowest BCUT2D eigenvalue weighted by molar-refractivity contribution is -0.267. The number of aryl methyl sites for hydroxylation is 1. The molecule has 0 bridgehead atoms. The summed E-state index contributed by atoms with van der Waals surface area (Å²) in [6, 6.07) is -0.908. The molecule has 10 heteroatoms. The van der Waals surface area contributed by atoms with Crippen molar-refractivity contribution in [2.45, 2.75) is 38.7 Å². The Hall–Kier alpha value is -1.84.